The largest absolute Gasteiger partial charge is 0.481 e. The van der Waals surface area contributed by atoms with Gasteiger partial charge in [0.2, 0.25) is 0 Å². The number of hydrogen-bond acceptors (Lipinski definition) is 6. The molecule has 1 aliphatic rings. The number of carbonyl (C=O) groups is 2. The molecule has 2 unspecified atom stereocenters. The molecule has 0 aromatic carbocycles. The molecule has 8 heteroatoms. The van der Waals surface area contributed by atoms with Gasteiger partial charge >= 0.3 is 11.9 Å². The molecular weight excluding hydrogens is 222 g/mol. The van der Waals surface area contributed by atoms with Crippen molar-refractivity contribution in [1.29, 1.82) is 0 Å². The number of thiol groups is 1. The summed E-state index contributed by atoms with van der Waals surface area (Å²) < 4.78 is 0. The Bertz CT molecular complexity index is 249. The van der Waals surface area contributed by atoms with Crippen molar-refractivity contribution in [3.8, 4) is 0 Å². The third kappa shape index (κ3) is 3.06. The minimum absolute atomic E-state index is 0.159. The van der Waals surface area contributed by atoms with Crippen LogP contribution in [0.2, 0.25) is 0 Å². The monoisotopic (exact) mass is 235 g/mol. The first-order chi connectivity index (χ1) is 6.91. The van der Waals surface area contributed by atoms with E-state index in [0.29, 0.717) is 0 Å². The lowest BCUT2D eigenvalue weighted by atomic mass is 10.3. The molecule has 2 atom stereocenters. The van der Waals surface area contributed by atoms with Gasteiger partial charge in [-0.25, -0.2) is 15.3 Å². The van der Waals surface area contributed by atoms with Crippen LogP contribution >= 0.6 is 12.6 Å². The molecule has 1 fully saturated rings. The molecule has 15 heavy (non-hydrogen) atoms. The zero-order valence-electron chi connectivity index (χ0n) is 8.12. The van der Waals surface area contributed by atoms with E-state index in [4.69, 9.17) is 10.2 Å². The van der Waals surface area contributed by atoms with Crippen LogP contribution in [0.1, 0.15) is 6.42 Å². The van der Waals surface area contributed by atoms with Crippen molar-refractivity contribution in [3.63, 3.8) is 0 Å². The zero-order valence-corrected chi connectivity index (χ0v) is 9.02. The van der Waals surface area contributed by atoms with E-state index in [-0.39, 0.29) is 13.0 Å². The van der Waals surface area contributed by atoms with Crippen molar-refractivity contribution in [1.82, 2.24) is 15.3 Å². The molecule has 0 aromatic heterocycles. The van der Waals surface area contributed by atoms with Crippen molar-refractivity contribution in [2.45, 2.75) is 18.1 Å². The number of hydrazine groups is 1. The van der Waals surface area contributed by atoms with Gasteiger partial charge in [0.15, 0.2) is 0 Å². The SMILES string of the molecule is CN1NC(S)N(CC(=O)O)C1CC(=O)O. The Balaban J connectivity index is 2.70. The maximum atomic E-state index is 10.6. The fourth-order valence-corrected chi connectivity index (χ4v) is 1.90. The smallest absolute Gasteiger partial charge is 0.317 e. The minimum atomic E-state index is -1.01. The van der Waals surface area contributed by atoms with E-state index in [9.17, 15) is 9.59 Å². The first-order valence-electron chi connectivity index (χ1n) is 4.28. The highest BCUT2D eigenvalue weighted by atomic mass is 32.1. The summed E-state index contributed by atoms with van der Waals surface area (Å²) in [4.78, 5) is 22.6. The van der Waals surface area contributed by atoms with Gasteiger partial charge in [0.25, 0.3) is 0 Å². The Morgan fingerprint density at radius 1 is 1.40 bits per heavy atom. The first kappa shape index (κ1) is 12.2. The van der Waals surface area contributed by atoms with Crippen LogP contribution in [-0.2, 0) is 9.59 Å². The summed E-state index contributed by atoms with van der Waals surface area (Å²) in [7, 11) is 1.65. The molecule has 0 amide bonds. The van der Waals surface area contributed by atoms with Gasteiger partial charge in [0, 0.05) is 7.05 Å². The molecule has 3 N–H and O–H groups in total. The lowest BCUT2D eigenvalue weighted by Crippen LogP contribution is -2.42. The van der Waals surface area contributed by atoms with Gasteiger partial charge in [-0.15, -0.1) is 12.6 Å². The second-order valence-corrected chi connectivity index (χ2v) is 3.75. The van der Waals surface area contributed by atoms with Gasteiger partial charge in [-0.1, -0.05) is 0 Å². The molecule has 0 saturated carbocycles. The van der Waals surface area contributed by atoms with E-state index in [2.05, 4.69) is 18.1 Å². The Morgan fingerprint density at radius 2 is 2.00 bits per heavy atom. The highest BCUT2D eigenvalue weighted by molar-refractivity contribution is 7.80. The topological polar surface area (TPSA) is 93.1 Å². The first-order valence-corrected chi connectivity index (χ1v) is 4.80. The molecule has 1 saturated heterocycles. The average Bonchev–Trinajstić information content (AvgIpc) is 2.30. The van der Waals surface area contributed by atoms with Crippen LogP contribution in [-0.4, -0.2) is 57.3 Å². The Labute approximate surface area is 92.0 Å². The number of rotatable bonds is 4. The standard InChI is InChI=1S/C7H13N3O4S/c1-9-4(2-5(11)12)10(3-6(13)14)7(15)8-9/h4,7-8,15H,2-3H2,1H3,(H,11,12)(H,13,14). The van der Waals surface area contributed by atoms with E-state index < -0.39 is 23.6 Å². The predicted molar refractivity (Wildman–Crippen MR) is 54.1 cm³/mol. The van der Waals surface area contributed by atoms with E-state index in [1.807, 2.05) is 0 Å². The van der Waals surface area contributed by atoms with Crippen LogP contribution in [0.15, 0.2) is 0 Å². The third-order valence-corrected chi connectivity index (χ3v) is 2.55. The van der Waals surface area contributed by atoms with Gasteiger partial charge in [-0.2, -0.15) is 0 Å². The number of hydrogen-bond donors (Lipinski definition) is 4. The van der Waals surface area contributed by atoms with Gasteiger partial charge in [-0.05, 0) is 0 Å². The molecule has 1 aliphatic heterocycles. The Hall–Kier alpha value is -0.830. The van der Waals surface area contributed by atoms with Crippen molar-refractivity contribution in [2.75, 3.05) is 13.6 Å². The van der Waals surface area contributed by atoms with Crippen molar-refractivity contribution in [2.24, 2.45) is 0 Å². The Kier molecular flexibility index (Phi) is 3.91. The number of carboxylic acids is 2. The fraction of sp³-hybridized carbons (Fsp3) is 0.714. The number of nitrogens with one attached hydrogen (secondary N) is 1. The zero-order chi connectivity index (χ0) is 11.6. The molecule has 1 rings (SSSR count). The molecule has 7 nitrogen and oxygen atoms in total. The highest BCUT2D eigenvalue weighted by Gasteiger charge is 2.37. The van der Waals surface area contributed by atoms with Gasteiger partial charge in [0.1, 0.15) is 12.0 Å². The summed E-state index contributed by atoms with van der Waals surface area (Å²) in [5.41, 5.74) is 2.35. The average molecular weight is 235 g/mol. The van der Waals surface area contributed by atoms with Crippen molar-refractivity contribution in [3.05, 3.63) is 0 Å². The normalized spacial score (nSPS) is 28.1. The number of aliphatic carboxylic acids is 2. The van der Waals surface area contributed by atoms with E-state index in [1.54, 1.807) is 12.1 Å². The summed E-state index contributed by atoms with van der Waals surface area (Å²) in [6.45, 7) is -0.247. The van der Waals surface area contributed by atoms with Crippen molar-refractivity contribution >= 4 is 24.6 Å². The minimum Gasteiger partial charge on any atom is -0.481 e. The lowest BCUT2D eigenvalue weighted by Gasteiger charge is -2.24. The van der Waals surface area contributed by atoms with Gasteiger partial charge in [-0.3, -0.25) is 9.59 Å². The molecular formula is C7H13N3O4S. The van der Waals surface area contributed by atoms with Crippen LogP contribution in [0.25, 0.3) is 0 Å². The second kappa shape index (κ2) is 4.79. The summed E-state index contributed by atoms with van der Waals surface area (Å²) in [5, 5.41) is 18.9. The van der Waals surface area contributed by atoms with Crippen LogP contribution in [0.3, 0.4) is 0 Å². The summed E-state index contributed by atoms with van der Waals surface area (Å²) >= 11 is 4.12. The highest BCUT2D eigenvalue weighted by Crippen LogP contribution is 2.19. The molecule has 0 spiro atoms. The quantitative estimate of drug-likeness (QED) is 0.457. The summed E-state index contributed by atoms with van der Waals surface area (Å²) in [6, 6.07) is 0. The van der Waals surface area contributed by atoms with Crippen LogP contribution in [0, 0.1) is 0 Å². The van der Waals surface area contributed by atoms with Crippen molar-refractivity contribution < 1.29 is 19.8 Å². The predicted octanol–water partition coefficient (Wildman–Crippen LogP) is -1.16. The third-order valence-electron chi connectivity index (χ3n) is 2.14. The maximum Gasteiger partial charge on any atom is 0.317 e. The number of carboxylic acid groups (broad SMARTS) is 2. The molecule has 0 bridgehead atoms. The molecule has 0 aromatic rings. The summed E-state index contributed by atoms with van der Waals surface area (Å²) in [6.07, 6.45) is -0.658. The van der Waals surface area contributed by atoms with Crippen LogP contribution in [0.4, 0.5) is 0 Å². The van der Waals surface area contributed by atoms with Crippen LogP contribution < -0.4 is 5.43 Å². The van der Waals surface area contributed by atoms with Crippen LogP contribution in [0.5, 0.6) is 0 Å². The maximum absolute atomic E-state index is 10.6. The lowest BCUT2D eigenvalue weighted by molar-refractivity contribution is -0.143. The molecule has 0 radical (unpaired) electrons. The van der Waals surface area contributed by atoms with Gasteiger partial charge < -0.3 is 10.2 Å². The fourth-order valence-electron chi connectivity index (χ4n) is 1.49. The molecule has 86 valence electrons. The van der Waals surface area contributed by atoms with E-state index in [1.165, 1.54) is 4.90 Å². The molecule has 1 heterocycles. The molecule has 0 aliphatic carbocycles. The summed E-state index contributed by atoms with van der Waals surface area (Å²) in [5.74, 6) is -1.99. The second-order valence-electron chi connectivity index (χ2n) is 3.26. The van der Waals surface area contributed by atoms with Gasteiger partial charge in [0.05, 0.1) is 12.6 Å². The van der Waals surface area contributed by atoms with E-state index >= 15 is 0 Å². The number of nitrogens with zero attached hydrogens (tertiary/aromatic N) is 2. The van der Waals surface area contributed by atoms with E-state index in [0.717, 1.165) is 0 Å². The Morgan fingerprint density at radius 3 is 2.47 bits per heavy atom.